The van der Waals surface area contributed by atoms with Crippen LogP contribution in [-0.2, 0) is 16.0 Å². The van der Waals surface area contributed by atoms with Crippen molar-refractivity contribution >= 4 is 12.0 Å². The molecule has 2 aromatic carbocycles. The minimum atomic E-state index is -0.381. The Labute approximate surface area is 158 Å². The van der Waals surface area contributed by atoms with Crippen LogP contribution >= 0.6 is 0 Å². The van der Waals surface area contributed by atoms with Crippen molar-refractivity contribution in [1.29, 1.82) is 0 Å². The smallest absolute Gasteiger partial charge is 0.330 e. The van der Waals surface area contributed by atoms with Gasteiger partial charge in [0, 0.05) is 18.1 Å². The molecule has 0 atom stereocenters. The molecule has 138 valence electrons. The molecule has 0 amide bonds. The Hall–Kier alpha value is -3.34. The van der Waals surface area contributed by atoms with E-state index >= 15 is 0 Å². The highest BCUT2D eigenvalue weighted by molar-refractivity contribution is 5.86. The second kappa shape index (κ2) is 8.85. The zero-order valence-electron chi connectivity index (χ0n) is 15.3. The van der Waals surface area contributed by atoms with Crippen molar-refractivity contribution < 1.29 is 18.7 Å². The van der Waals surface area contributed by atoms with Gasteiger partial charge in [-0.2, -0.15) is 0 Å². The van der Waals surface area contributed by atoms with Crippen molar-refractivity contribution in [3.63, 3.8) is 0 Å². The van der Waals surface area contributed by atoms with Crippen LogP contribution in [0.15, 0.2) is 65.1 Å². The molecule has 5 heteroatoms. The predicted molar refractivity (Wildman–Crippen MR) is 103 cm³/mol. The number of aromatic nitrogens is 1. The van der Waals surface area contributed by atoms with Gasteiger partial charge >= 0.3 is 5.97 Å². The van der Waals surface area contributed by atoms with Gasteiger partial charge in [0.1, 0.15) is 11.5 Å². The van der Waals surface area contributed by atoms with Gasteiger partial charge in [0.25, 0.3) is 0 Å². The van der Waals surface area contributed by atoms with E-state index in [1.807, 2.05) is 61.5 Å². The first-order valence-electron chi connectivity index (χ1n) is 8.66. The minimum Gasteiger partial charge on any atom is -0.493 e. The molecule has 1 aromatic heterocycles. The summed E-state index contributed by atoms with van der Waals surface area (Å²) in [5.41, 5.74) is 2.75. The van der Waals surface area contributed by atoms with Crippen LogP contribution in [-0.4, -0.2) is 24.7 Å². The van der Waals surface area contributed by atoms with E-state index in [2.05, 4.69) is 9.72 Å². The van der Waals surface area contributed by atoms with Crippen LogP contribution in [0.3, 0.4) is 0 Å². The molecule has 0 aliphatic heterocycles. The van der Waals surface area contributed by atoms with Gasteiger partial charge in [0.05, 0.1) is 19.4 Å². The van der Waals surface area contributed by atoms with E-state index in [1.54, 1.807) is 6.08 Å². The van der Waals surface area contributed by atoms with Crippen LogP contribution in [0.25, 0.3) is 17.5 Å². The maximum Gasteiger partial charge on any atom is 0.330 e. The maximum absolute atomic E-state index is 11.1. The number of carbonyl (C=O) groups excluding carboxylic acids is 1. The van der Waals surface area contributed by atoms with Gasteiger partial charge in [-0.1, -0.05) is 30.3 Å². The molecule has 27 heavy (non-hydrogen) atoms. The number of nitrogens with zero attached hydrogens (tertiary/aromatic N) is 1. The summed E-state index contributed by atoms with van der Waals surface area (Å²) < 4.78 is 16.1. The van der Waals surface area contributed by atoms with Crippen LogP contribution in [0.1, 0.15) is 17.0 Å². The first-order chi connectivity index (χ1) is 13.2. The summed E-state index contributed by atoms with van der Waals surface area (Å²) in [5.74, 6) is 1.81. The monoisotopic (exact) mass is 363 g/mol. The zero-order chi connectivity index (χ0) is 19.1. The zero-order valence-corrected chi connectivity index (χ0v) is 15.3. The van der Waals surface area contributed by atoms with Gasteiger partial charge in [-0.05, 0) is 42.8 Å². The molecule has 0 bridgehead atoms. The fraction of sp³-hybridized carbons (Fsp3) is 0.182. The normalized spacial score (nSPS) is 10.9. The molecule has 0 saturated carbocycles. The number of carbonyl (C=O) groups is 1. The standard InChI is InChI=1S/C22H21NO4/c1-16-20(23-22(27-16)18-6-4-3-5-7-18)14-15-26-19-11-8-17(9-12-19)10-13-21(24)25-2/h3-13H,14-15H2,1-2H3/b13-10-. The van der Waals surface area contributed by atoms with Crippen molar-refractivity contribution in [2.45, 2.75) is 13.3 Å². The van der Waals surface area contributed by atoms with Crippen molar-refractivity contribution in [3.8, 4) is 17.2 Å². The van der Waals surface area contributed by atoms with E-state index in [0.717, 1.165) is 28.3 Å². The van der Waals surface area contributed by atoms with Crippen LogP contribution in [0.5, 0.6) is 5.75 Å². The number of aryl methyl sites for hydroxylation is 1. The van der Waals surface area contributed by atoms with Crippen LogP contribution in [0.2, 0.25) is 0 Å². The fourth-order valence-corrected chi connectivity index (χ4v) is 2.54. The molecule has 0 aliphatic carbocycles. The van der Waals surface area contributed by atoms with Crippen LogP contribution in [0.4, 0.5) is 0 Å². The summed E-state index contributed by atoms with van der Waals surface area (Å²) in [5, 5.41) is 0. The predicted octanol–water partition coefficient (Wildman–Crippen LogP) is 4.46. The van der Waals surface area contributed by atoms with Gasteiger partial charge in [-0.25, -0.2) is 9.78 Å². The summed E-state index contributed by atoms with van der Waals surface area (Å²) in [4.78, 5) is 15.7. The molecule has 0 saturated heterocycles. The number of methoxy groups -OCH3 is 1. The summed E-state index contributed by atoms with van der Waals surface area (Å²) in [6, 6.07) is 17.3. The number of hydrogen-bond acceptors (Lipinski definition) is 5. The van der Waals surface area contributed by atoms with Gasteiger partial charge in [-0.3, -0.25) is 0 Å². The Kier molecular flexibility index (Phi) is 6.05. The quantitative estimate of drug-likeness (QED) is 0.458. The van der Waals surface area contributed by atoms with Crippen molar-refractivity contribution in [1.82, 2.24) is 4.98 Å². The highest BCUT2D eigenvalue weighted by Crippen LogP contribution is 2.22. The second-order valence-electron chi connectivity index (χ2n) is 5.91. The van der Waals surface area contributed by atoms with Gasteiger partial charge in [-0.15, -0.1) is 0 Å². The highest BCUT2D eigenvalue weighted by Gasteiger charge is 2.11. The molecule has 0 unspecified atom stereocenters. The van der Waals surface area contributed by atoms with Crippen molar-refractivity contribution in [3.05, 3.63) is 77.7 Å². The Balaban J connectivity index is 1.55. The van der Waals surface area contributed by atoms with Gasteiger partial charge in [0.2, 0.25) is 5.89 Å². The molecular weight excluding hydrogens is 342 g/mol. The Bertz CT molecular complexity index is 911. The third-order valence-corrected chi connectivity index (χ3v) is 4.01. The molecular formula is C22H21NO4. The van der Waals surface area contributed by atoms with E-state index in [9.17, 15) is 4.79 Å². The van der Waals surface area contributed by atoms with E-state index in [1.165, 1.54) is 13.2 Å². The average molecular weight is 363 g/mol. The molecule has 3 rings (SSSR count). The molecule has 0 N–H and O–H groups in total. The lowest BCUT2D eigenvalue weighted by molar-refractivity contribution is -0.134. The molecule has 3 aromatic rings. The topological polar surface area (TPSA) is 61.6 Å². The largest absolute Gasteiger partial charge is 0.493 e. The summed E-state index contributed by atoms with van der Waals surface area (Å²) >= 11 is 0. The average Bonchev–Trinajstić information content (AvgIpc) is 3.08. The molecule has 1 heterocycles. The Morgan fingerprint density at radius 2 is 1.85 bits per heavy atom. The van der Waals surface area contributed by atoms with E-state index < -0.39 is 0 Å². The van der Waals surface area contributed by atoms with Crippen molar-refractivity contribution in [2.24, 2.45) is 0 Å². The molecule has 5 nitrogen and oxygen atoms in total. The SMILES string of the molecule is COC(=O)/C=C\c1ccc(OCCc2nc(-c3ccccc3)oc2C)cc1. The fourth-order valence-electron chi connectivity index (χ4n) is 2.54. The Morgan fingerprint density at radius 1 is 1.11 bits per heavy atom. The van der Waals surface area contributed by atoms with E-state index in [-0.39, 0.29) is 5.97 Å². The number of esters is 1. The number of benzene rings is 2. The molecule has 0 fully saturated rings. The Morgan fingerprint density at radius 3 is 2.56 bits per heavy atom. The molecule has 0 radical (unpaired) electrons. The van der Waals surface area contributed by atoms with Crippen LogP contribution in [0, 0.1) is 6.92 Å². The lowest BCUT2D eigenvalue weighted by Gasteiger charge is -2.05. The number of ether oxygens (including phenoxy) is 2. The first-order valence-corrected chi connectivity index (χ1v) is 8.66. The lowest BCUT2D eigenvalue weighted by atomic mass is 10.2. The summed E-state index contributed by atoms with van der Waals surface area (Å²) in [7, 11) is 1.35. The number of oxazole rings is 1. The molecule has 0 spiro atoms. The molecule has 0 aliphatic rings. The number of hydrogen-bond donors (Lipinski definition) is 0. The summed E-state index contributed by atoms with van der Waals surface area (Å²) in [6.07, 6.45) is 3.74. The highest BCUT2D eigenvalue weighted by atomic mass is 16.5. The second-order valence-corrected chi connectivity index (χ2v) is 5.91. The lowest BCUT2D eigenvalue weighted by Crippen LogP contribution is -2.02. The van der Waals surface area contributed by atoms with Crippen LogP contribution < -0.4 is 4.74 Å². The van der Waals surface area contributed by atoms with Gasteiger partial charge < -0.3 is 13.9 Å². The van der Waals surface area contributed by atoms with E-state index in [4.69, 9.17) is 9.15 Å². The van der Waals surface area contributed by atoms with Crippen molar-refractivity contribution in [2.75, 3.05) is 13.7 Å². The van der Waals surface area contributed by atoms with Gasteiger partial charge in [0.15, 0.2) is 0 Å². The third-order valence-electron chi connectivity index (χ3n) is 4.01. The van der Waals surface area contributed by atoms with E-state index in [0.29, 0.717) is 18.9 Å². The summed E-state index contributed by atoms with van der Waals surface area (Å²) in [6.45, 7) is 2.41. The third kappa shape index (κ3) is 5.07. The number of rotatable bonds is 7. The first kappa shape index (κ1) is 18.5. The maximum atomic E-state index is 11.1. The minimum absolute atomic E-state index is 0.381.